The third-order valence-electron chi connectivity index (χ3n) is 1.03. The van der Waals surface area contributed by atoms with Crippen molar-refractivity contribution >= 4 is 6.41 Å². The van der Waals surface area contributed by atoms with E-state index in [9.17, 15) is 4.79 Å². The maximum Gasteiger partial charge on any atom is 0.212 e. The quantitative estimate of drug-likeness (QED) is 0.534. The summed E-state index contributed by atoms with van der Waals surface area (Å²) in [6.07, 6.45) is 9.69. The van der Waals surface area contributed by atoms with E-state index in [1.807, 2.05) is 18.2 Å². The highest BCUT2D eigenvalue weighted by molar-refractivity contribution is 5.50. The summed E-state index contributed by atoms with van der Waals surface area (Å²) in [5.41, 5.74) is 0. The van der Waals surface area contributed by atoms with Gasteiger partial charge in [-0.1, -0.05) is 12.2 Å². The molecule has 1 heterocycles. The Morgan fingerprint density at radius 1 is 1.40 bits per heavy atom. The summed E-state index contributed by atoms with van der Waals surface area (Å²) in [4.78, 5) is 9.95. The normalized spacial score (nSPS) is 15.0. The fourth-order valence-corrected chi connectivity index (χ4v) is 0.611. The van der Waals surface area contributed by atoms with Crippen molar-refractivity contribution in [1.82, 2.24) is 10.6 Å². The molecule has 1 aliphatic heterocycles. The Morgan fingerprint density at radius 2 is 2.30 bits per heavy atom. The van der Waals surface area contributed by atoms with Gasteiger partial charge in [0.1, 0.15) is 5.82 Å². The van der Waals surface area contributed by atoms with Crippen molar-refractivity contribution in [3.05, 3.63) is 36.3 Å². The minimum atomic E-state index is 0.631. The topological polar surface area (TPSA) is 41.1 Å². The van der Waals surface area contributed by atoms with Crippen LogP contribution in [0.4, 0.5) is 0 Å². The third-order valence-corrected chi connectivity index (χ3v) is 1.03. The summed E-state index contributed by atoms with van der Waals surface area (Å²) >= 11 is 0. The number of hydrogen-bond donors (Lipinski definition) is 2. The van der Waals surface area contributed by atoms with Gasteiger partial charge in [-0.15, -0.1) is 0 Å². The molecule has 0 aromatic rings. The fourth-order valence-electron chi connectivity index (χ4n) is 0.611. The van der Waals surface area contributed by atoms with Crippen LogP contribution in [0, 0.1) is 0 Å². The number of allylic oxidation sites excluding steroid dienone is 4. The van der Waals surface area contributed by atoms with Crippen molar-refractivity contribution in [1.29, 1.82) is 0 Å². The molecule has 3 nitrogen and oxygen atoms in total. The highest BCUT2D eigenvalue weighted by Crippen LogP contribution is 1.89. The molecule has 0 fully saturated rings. The zero-order valence-electron chi connectivity index (χ0n) is 5.37. The summed E-state index contributed by atoms with van der Waals surface area (Å²) in [7, 11) is 0. The van der Waals surface area contributed by atoms with Crippen molar-refractivity contribution in [3.63, 3.8) is 0 Å². The van der Waals surface area contributed by atoms with Gasteiger partial charge >= 0.3 is 0 Å². The van der Waals surface area contributed by atoms with E-state index in [-0.39, 0.29) is 0 Å². The van der Waals surface area contributed by atoms with Gasteiger partial charge < -0.3 is 10.6 Å². The van der Waals surface area contributed by atoms with Gasteiger partial charge in [0, 0.05) is 6.20 Å². The first kappa shape index (κ1) is 6.61. The van der Waals surface area contributed by atoms with E-state index in [0.29, 0.717) is 12.2 Å². The lowest BCUT2D eigenvalue weighted by Gasteiger charge is -2.00. The molecule has 0 aliphatic carbocycles. The molecule has 3 heteroatoms. The summed E-state index contributed by atoms with van der Waals surface area (Å²) in [6.45, 7) is 0. The number of carbonyl (C=O) groups excluding carboxylic acids is 1. The first-order chi connectivity index (χ1) is 4.93. The van der Waals surface area contributed by atoms with Crippen LogP contribution in [0.15, 0.2) is 36.3 Å². The Kier molecular flexibility index (Phi) is 2.31. The molecule has 0 spiro atoms. The largest absolute Gasteiger partial charge is 0.348 e. The standard InChI is InChI=1S/C7H8N2O/c10-6-9-7-4-2-1-3-5-8-7/h1-6,8H,(H,9,10). The van der Waals surface area contributed by atoms with Crippen molar-refractivity contribution in [2.75, 3.05) is 0 Å². The van der Waals surface area contributed by atoms with Crippen LogP contribution in [0.2, 0.25) is 0 Å². The van der Waals surface area contributed by atoms with Gasteiger partial charge in [-0.2, -0.15) is 0 Å². The van der Waals surface area contributed by atoms with E-state index in [0.717, 1.165) is 0 Å². The van der Waals surface area contributed by atoms with Crippen LogP contribution in [0.5, 0.6) is 0 Å². The molecular formula is C7H8N2O. The number of carbonyl (C=O) groups is 1. The molecule has 52 valence electrons. The average Bonchev–Trinajstić information content (AvgIpc) is 2.17. The van der Waals surface area contributed by atoms with E-state index in [1.54, 1.807) is 12.3 Å². The second kappa shape index (κ2) is 3.50. The Morgan fingerprint density at radius 3 is 3.10 bits per heavy atom. The van der Waals surface area contributed by atoms with Crippen LogP contribution in [0.25, 0.3) is 0 Å². The smallest absolute Gasteiger partial charge is 0.212 e. The predicted octanol–water partition coefficient (Wildman–Crippen LogP) is 0.247. The Labute approximate surface area is 59.1 Å². The summed E-state index contributed by atoms with van der Waals surface area (Å²) in [5, 5.41) is 5.35. The van der Waals surface area contributed by atoms with Crippen molar-refractivity contribution in [2.24, 2.45) is 0 Å². The Balaban J connectivity index is 2.58. The summed E-state index contributed by atoms with van der Waals surface area (Å²) < 4.78 is 0. The van der Waals surface area contributed by atoms with Crippen LogP contribution in [-0.4, -0.2) is 6.41 Å². The molecule has 0 saturated heterocycles. The number of hydrogen-bond acceptors (Lipinski definition) is 2. The molecule has 0 aromatic heterocycles. The number of amides is 1. The second-order valence-corrected chi connectivity index (χ2v) is 1.73. The highest BCUT2D eigenvalue weighted by atomic mass is 16.1. The van der Waals surface area contributed by atoms with Crippen LogP contribution in [0.1, 0.15) is 0 Å². The third kappa shape index (κ3) is 1.78. The highest BCUT2D eigenvalue weighted by Gasteiger charge is 1.88. The van der Waals surface area contributed by atoms with Gasteiger partial charge in [0.2, 0.25) is 6.41 Å². The second-order valence-electron chi connectivity index (χ2n) is 1.73. The van der Waals surface area contributed by atoms with Gasteiger partial charge in [-0.3, -0.25) is 4.79 Å². The molecule has 1 aliphatic rings. The van der Waals surface area contributed by atoms with E-state index in [4.69, 9.17) is 0 Å². The number of nitrogens with one attached hydrogen (secondary N) is 2. The summed E-state index contributed by atoms with van der Waals surface area (Å²) in [5.74, 6) is 0.681. The van der Waals surface area contributed by atoms with E-state index in [2.05, 4.69) is 10.6 Å². The maximum absolute atomic E-state index is 9.95. The molecule has 0 radical (unpaired) electrons. The van der Waals surface area contributed by atoms with Crippen LogP contribution >= 0.6 is 0 Å². The zero-order chi connectivity index (χ0) is 7.23. The van der Waals surface area contributed by atoms with Crippen LogP contribution in [-0.2, 0) is 4.79 Å². The SMILES string of the molecule is O=CNC1=CC=CC=CN1. The van der Waals surface area contributed by atoms with Crippen LogP contribution in [0.3, 0.4) is 0 Å². The molecule has 1 rings (SSSR count). The minimum Gasteiger partial charge on any atom is -0.348 e. The van der Waals surface area contributed by atoms with Gasteiger partial charge in [0.15, 0.2) is 0 Å². The predicted molar refractivity (Wildman–Crippen MR) is 38.7 cm³/mol. The molecule has 1 amide bonds. The molecule has 2 N–H and O–H groups in total. The fraction of sp³-hybridized carbons (Fsp3) is 0. The van der Waals surface area contributed by atoms with E-state index >= 15 is 0 Å². The Hall–Kier alpha value is -1.51. The van der Waals surface area contributed by atoms with Crippen LogP contribution < -0.4 is 10.6 Å². The molecule has 0 aromatic carbocycles. The van der Waals surface area contributed by atoms with Gasteiger partial charge in [0.25, 0.3) is 0 Å². The lowest BCUT2D eigenvalue weighted by atomic mass is 10.5. The van der Waals surface area contributed by atoms with Gasteiger partial charge in [-0.05, 0) is 12.2 Å². The average molecular weight is 136 g/mol. The van der Waals surface area contributed by atoms with E-state index in [1.165, 1.54) is 0 Å². The lowest BCUT2D eigenvalue weighted by Crippen LogP contribution is -2.20. The van der Waals surface area contributed by atoms with Crippen molar-refractivity contribution in [2.45, 2.75) is 0 Å². The Bertz CT molecular complexity index is 204. The van der Waals surface area contributed by atoms with E-state index < -0.39 is 0 Å². The lowest BCUT2D eigenvalue weighted by molar-refractivity contribution is -0.109. The molecule has 0 saturated carbocycles. The first-order valence-corrected chi connectivity index (χ1v) is 2.94. The maximum atomic E-state index is 9.95. The van der Waals surface area contributed by atoms with Gasteiger partial charge in [-0.25, -0.2) is 0 Å². The molecule has 0 bridgehead atoms. The first-order valence-electron chi connectivity index (χ1n) is 2.94. The van der Waals surface area contributed by atoms with Gasteiger partial charge in [0.05, 0.1) is 0 Å². The zero-order valence-corrected chi connectivity index (χ0v) is 5.37. The summed E-state index contributed by atoms with van der Waals surface area (Å²) in [6, 6.07) is 0. The monoisotopic (exact) mass is 136 g/mol. The molecule has 0 atom stereocenters. The van der Waals surface area contributed by atoms with Crippen molar-refractivity contribution in [3.8, 4) is 0 Å². The molecular weight excluding hydrogens is 128 g/mol. The van der Waals surface area contributed by atoms with Crippen molar-refractivity contribution < 1.29 is 4.79 Å². The number of rotatable bonds is 2. The molecule has 10 heavy (non-hydrogen) atoms. The molecule has 0 unspecified atom stereocenters. The minimum absolute atomic E-state index is 0.631.